The van der Waals surface area contributed by atoms with Gasteiger partial charge < -0.3 is 15.5 Å². The summed E-state index contributed by atoms with van der Waals surface area (Å²) in [4.78, 5) is 21.4. The normalized spacial score (nSPS) is 12.3. The molecule has 1 aromatic rings. The Balaban J connectivity index is 2.58. The molecule has 0 aromatic heterocycles. The molecule has 0 saturated carbocycles. The number of benzene rings is 1. The number of non-ortho nitro benzene ring substituents is 1. The van der Waals surface area contributed by atoms with Gasteiger partial charge >= 0.3 is 0 Å². The van der Waals surface area contributed by atoms with Gasteiger partial charge in [0.15, 0.2) is 0 Å². The first kappa shape index (κ1) is 14.8. The van der Waals surface area contributed by atoms with Crippen LogP contribution in [0.3, 0.4) is 0 Å². The Morgan fingerprint density at radius 2 is 2.26 bits per heavy atom. The number of nitro groups is 1. The quantitative estimate of drug-likeness (QED) is 0.383. The van der Waals surface area contributed by atoms with E-state index in [9.17, 15) is 14.9 Å². The molecule has 1 aromatic carbocycles. The second-order valence-corrected chi connectivity index (χ2v) is 3.77. The average Bonchev–Trinajstić information content (AvgIpc) is 2.42. The third kappa shape index (κ3) is 5.28. The number of nitrogens with zero attached hydrogens (tertiary/aromatic N) is 1. The number of hydrogen-bond acceptors (Lipinski definition) is 5. The largest absolute Gasteiger partial charge is 0.394 e. The summed E-state index contributed by atoms with van der Waals surface area (Å²) in [5, 5.41) is 30.5. The third-order valence-electron chi connectivity index (χ3n) is 2.23. The summed E-state index contributed by atoms with van der Waals surface area (Å²) < 4.78 is 0. The Hall–Kier alpha value is -2.25. The zero-order chi connectivity index (χ0) is 14.3. The Bertz CT molecular complexity index is 487. The van der Waals surface area contributed by atoms with Gasteiger partial charge in [-0.25, -0.2) is 0 Å². The minimum absolute atomic E-state index is 0.0572. The summed E-state index contributed by atoms with van der Waals surface area (Å²) in [6.07, 6.45) is 1.62. The maximum absolute atomic E-state index is 11.3. The molecule has 0 saturated heterocycles. The summed E-state index contributed by atoms with van der Waals surface area (Å²) in [7, 11) is 0. The van der Waals surface area contributed by atoms with Gasteiger partial charge in [0.2, 0.25) is 5.91 Å². The van der Waals surface area contributed by atoms with Crippen molar-refractivity contribution in [2.24, 2.45) is 0 Å². The van der Waals surface area contributed by atoms with Crippen molar-refractivity contribution in [3.63, 3.8) is 0 Å². The van der Waals surface area contributed by atoms with Crippen molar-refractivity contribution in [1.82, 2.24) is 5.32 Å². The Labute approximate surface area is 109 Å². The lowest BCUT2D eigenvalue weighted by Gasteiger charge is -2.06. The number of amides is 1. The SMILES string of the molecule is O=C(C=Cc1cccc([N+](=O)[O-])c1)NCC(O)CO. The lowest BCUT2D eigenvalue weighted by molar-refractivity contribution is -0.384. The van der Waals surface area contributed by atoms with Gasteiger partial charge in [0.1, 0.15) is 0 Å². The zero-order valence-corrected chi connectivity index (χ0v) is 10.0. The van der Waals surface area contributed by atoms with E-state index in [2.05, 4.69) is 5.32 Å². The fourth-order valence-corrected chi connectivity index (χ4v) is 1.26. The summed E-state index contributed by atoms with van der Waals surface area (Å²) in [6.45, 7) is -0.497. The first-order valence-corrected chi connectivity index (χ1v) is 5.52. The van der Waals surface area contributed by atoms with Gasteiger partial charge in [-0.1, -0.05) is 12.1 Å². The van der Waals surface area contributed by atoms with Crippen LogP contribution < -0.4 is 5.32 Å². The monoisotopic (exact) mass is 266 g/mol. The predicted molar refractivity (Wildman–Crippen MR) is 68.2 cm³/mol. The van der Waals surface area contributed by atoms with Crippen LogP contribution in [0.1, 0.15) is 5.56 Å². The molecular formula is C12H14N2O5. The fraction of sp³-hybridized carbons (Fsp3) is 0.250. The van der Waals surface area contributed by atoms with Gasteiger partial charge in [-0.3, -0.25) is 14.9 Å². The molecule has 1 amide bonds. The van der Waals surface area contributed by atoms with Crippen LogP contribution in [0.2, 0.25) is 0 Å². The molecule has 7 nitrogen and oxygen atoms in total. The summed E-state index contributed by atoms with van der Waals surface area (Å²) >= 11 is 0. The third-order valence-corrected chi connectivity index (χ3v) is 2.23. The smallest absolute Gasteiger partial charge is 0.270 e. The lowest BCUT2D eigenvalue weighted by Crippen LogP contribution is -2.32. The van der Waals surface area contributed by atoms with Crippen LogP contribution in [0.4, 0.5) is 5.69 Å². The Kier molecular flexibility index (Phi) is 5.65. The van der Waals surface area contributed by atoms with Crippen LogP contribution in [0.15, 0.2) is 30.3 Å². The molecule has 0 bridgehead atoms. The van der Waals surface area contributed by atoms with Crippen LogP contribution in [0, 0.1) is 10.1 Å². The first-order valence-electron chi connectivity index (χ1n) is 5.52. The number of aliphatic hydroxyl groups is 2. The highest BCUT2D eigenvalue weighted by Crippen LogP contribution is 2.13. The molecule has 0 heterocycles. The number of aliphatic hydroxyl groups excluding tert-OH is 2. The van der Waals surface area contributed by atoms with Gasteiger partial charge in [-0.05, 0) is 11.6 Å². The summed E-state index contributed by atoms with van der Waals surface area (Å²) in [6, 6.07) is 5.84. The van der Waals surface area contributed by atoms with Gasteiger partial charge in [-0.15, -0.1) is 0 Å². The maximum atomic E-state index is 11.3. The molecule has 0 aliphatic rings. The molecule has 1 unspecified atom stereocenters. The van der Waals surface area contributed by atoms with Crippen LogP contribution in [0.5, 0.6) is 0 Å². The number of nitro benzene ring substituents is 1. The second kappa shape index (κ2) is 7.24. The topological polar surface area (TPSA) is 113 Å². The van der Waals surface area contributed by atoms with Crippen LogP contribution in [-0.4, -0.2) is 40.3 Å². The first-order chi connectivity index (χ1) is 9.02. The lowest BCUT2D eigenvalue weighted by atomic mass is 10.2. The van der Waals surface area contributed by atoms with E-state index >= 15 is 0 Å². The number of carbonyl (C=O) groups is 1. The fourth-order valence-electron chi connectivity index (χ4n) is 1.26. The molecular weight excluding hydrogens is 252 g/mol. The Morgan fingerprint density at radius 3 is 2.89 bits per heavy atom. The molecule has 0 radical (unpaired) electrons. The molecule has 0 fully saturated rings. The number of hydrogen-bond donors (Lipinski definition) is 3. The highest BCUT2D eigenvalue weighted by molar-refractivity contribution is 5.91. The summed E-state index contributed by atoms with van der Waals surface area (Å²) in [5.41, 5.74) is 0.463. The minimum Gasteiger partial charge on any atom is -0.394 e. The van der Waals surface area contributed by atoms with Gasteiger partial charge in [0, 0.05) is 24.8 Å². The van der Waals surface area contributed by atoms with Crippen LogP contribution in [0.25, 0.3) is 6.08 Å². The van der Waals surface area contributed by atoms with E-state index in [1.807, 2.05) is 0 Å². The van der Waals surface area contributed by atoms with Crippen molar-refractivity contribution in [3.8, 4) is 0 Å². The minimum atomic E-state index is -1.00. The van der Waals surface area contributed by atoms with Crippen molar-refractivity contribution in [2.45, 2.75) is 6.10 Å². The molecule has 0 aliphatic carbocycles. The van der Waals surface area contributed by atoms with Crippen molar-refractivity contribution in [2.75, 3.05) is 13.2 Å². The van der Waals surface area contributed by atoms with Crippen molar-refractivity contribution >= 4 is 17.7 Å². The predicted octanol–water partition coefficient (Wildman–Crippen LogP) is 0.0774. The van der Waals surface area contributed by atoms with Crippen molar-refractivity contribution in [1.29, 1.82) is 0 Å². The van der Waals surface area contributed by atoms with E-state index < -0.39 is 23.5 Å². The molecule has 7 heteroatoms. The molecule has 19 heavy (non-hydrogen) atoms. The van der Waals surface area contributed by atoms with E-state index in [4.69, 9.17) is 10.2 Å². The highest BCUT2D eigenvalue weighted by Gasteiger charge is 2.05. The molecule has 0 spiro atoms. The van der Waals surface area contributed by atoms with Gasteiger partial charge in [0.25, 0.3) is 5.69 Å². The van der Waals surface area contributed by atoms with E-state index in [1.165, 1.54) is 30.4 Å². The standard InChI is InChI=1S/C12H14N2O5/c15-8-11(16)7-13-12(17)5-4-9-2-1-3-10(6-9)14(18)19/h1-6,11,15-16H,7-8H2,(H,13,17). The average molecular weight is 266 g/mol. The molecule has 1 atom stereocenters. The number of carbonyl (C=O) groups excluding carboxylic acids is 1. The zero-order valence-electron chi connectivity index (χ0n) is 10.0. The van der Waals surface area contributed by atoms with Gasteiger partial charge in [0.05, 0.1) is 17.6 Å². The van der Waals surface area contributed by atoms with E-state index in [-0.39, 0.29) is 12.2 Å². The molecule has 3 N–H and O–H groups in total. The number of rotatable bonds is 6. The molecule has 102 valence electrons. The van der Waals surface area contributed by atoms with Crippen molar-refractivity contribution in [3.05, 3.63) is 46.0 Å². The Morgan fingerprint density at radius 1 is 1.53 bits per heavy atom. The van der Waals surface area contributed by atoms with Crippen LogP contribution >= 0.6 is 0 Å². The number of nitrogens with one attached hydrogen (secondary N) is 1. The molecule has 1 rings (SSSR count). The highest BCUT2D eigenvalue weighted by atomic mass is 16.6. The second-order valence-electron chi connectivity index (χ2n) is 3.77. The van der Waals surface area contributed by atoms with E-state index in [0.717, 1.165) is 0 Å². The van der Waals surface area contributed by atoms with Crippen LogP contribution in [-0.2, 0) is 4.79 Å². The van der Waals surface area contributed by atoms with E-state index in [1.54, 1.807) is 6.07 Å². The maximum Gasteiger partial charge on any atom is 0.270 e. The van der Waals surface area contributed by atoms with Crippen molar-refractivity contribution < 1.29 is 19.9 Å². The van der Waals surface area contributed by atoms with E-state index in [0.29, 0.717) is 5.56 Å². The summed E-state index contributed by atoms with van der Waals surface area (Å²) in [5.74, 6) is -0.459. The van der Waals surface area contributed by atoms with Gasteiger partial charge in [-0.2, -0.15) is 0 Å². The molecule has 0 aliphatic heterocycles.